The van der Waals surface area contributed by atoms with Gasteiger partial charge in [-0.05, 0) is 24.8 Å². The van der Waals surface area contributed by atoms with Gasteiger partial charge in [-0.2, -0.15) is 0 Å². The molecular weight excluding hydrogens is 340 g/mol. The first-order chi connectivity index (χ1) is 10.1. The fraction of sp³-hybridized carbons (Fsp3) is 0.500. The Balaban J connectivity index is 2.24. The van der Waals surface area contributed by atoms with Crippen molar-refractivity contribution in [2.75, 3.05) is 25.5 Å². The minimum Gasteiger partial charge on any atom is -0.490 e. The number of nitro benzene ring substituents is 1. The van der Waals surface area contributed by atoms with Crippen LogP contribution in [-0.2, 0) is 0 Å². The number of para-hydroxylation sites is 1. The van der Waals surface area contributed by atoms with Crippen molar-refractivity contribution in [1.82, 2.24) is 4.90 Å². The van der Waals surface area contributed by atoms with Crippen molar-refractivity contribution in [2.24, 2.45) is 5.92 Å². The van der Waals surface area contributed by atoms with E-state index in [2.05, 4.69) is 15.9 Å². The SMILES string of the molecule is COc1c(C(=O)N2CCC(CCBr)C2)cccc1[N+](=O)[O-]. The lowest BCUT2D eigenvalue weighted by molar-refractivity contribution is -0.385. The molecular formula is C14H17BrN2O4. The number of amides is 1. The number of hydrogen-bond acceptors (Lipinski definition) is 4. The molecule has 1 aliphatic rings. The van der Waals surface area contributed by atoms with E-state index in [1.165, 1.54) is 19.2 Å². The third kappa shape index (κ3) is 3.34. The van der Waals surface area contributed by atoms with Gasteiger partial charge in [0.05, 0.1) is 17.6 Å². The Morgan fingerprint density at radius 3 is 2.95 bits per heavy atom. The zero-order valence-electron chi connectivity index (χ0n) is 11.8. The third-order valence-electron chi connectivity index (χ3n) is 3.72. The van der Waals surface area contributed by atoms with Gasteiger partial charge in [-0.3, -0.25) is 14.9 Å². The van der Waals surface area contributed by atoms with Gasteiger partial charge in [0.25, 0.3) is 5.91 Å². The molecule has 7 heteroatoms. The summed E-state index contributed by atoms with van der Waals surface area (Å²) in [4.78, 5) is 24.8. The number of benzene rings is 1. The molecule has 1 unspecified atom stereocenters. The van der Waals surface area contributed by atoms with Crippen LogP contribution in [0.25, 0.3) is 0 Å². The smallest absolute Gasteiger partial charge is 0.311 e. The number of carbonyl (C=O) groups excluding carboxylic acids is 1. The molecule has 1 saturated heterocycles. The van der Waals surface area contributed by atoms with Gasteiger partial charge >= 0.3 is 5.69 Å². The third-order valence-corrected chi connectivity index (χ3v) is 4.17. The Bertz CT molecular complexity index is 550. The molecule has 0 bridgehead atoms. The summed E-state index contributed by atoms with van der Waals surface area (Å²) in [5.41, 5.74) is 0.0748. The summed E-state index contributed by atoms with van der Waals surface area (Å²) in [7, 11) is 1.34. The van der Waals surface area contributed by atoms with Gasteiger partial charge < -0.3 is 9.64 Å². The van der Waals surface area contributed by atoms with Crippen LogP contribution in [0.2, 0.25) is 0 Å². The molecule has 21 heavy (non-hydrogen) atoms. The summed E-state index contributed by atoms with van der Waals surface area (Å²) in [6.45, 7) is 1.37. The van der Waals surface area contributed by atoms with Crippen LogP contribution in [0.3, 0.4) is 0 Å². The average molecular weight is 357 g/mol. The number of nitrogens with zero attached hydrogens (tertiary/aromatic N) is 2. The number of halogens is 1. The minimum absolute atomic E-state index is 0.0384. The Hall–Kier alpha value is -1.63. The fourth-order valence-electron chi connectivity index (χ4n) is 2.63. The molecule has 1 fully saturated rings. The molecule has 1 amide bonds. The van der Waals surface area contributed by atoms with Crippen molar-refractivity contribution in [3.05, 3.63) is 33.9 Å². The largest absolute Gasteiger partial charge is 0.490 e. The van der Waals surface area contributed by atoms with Crippen molar-refractivity contribution in [3.63, 3.8) is 0 Å². The second-order valence-corrected chi connectivity index (χ2v) is 5.79. The van der Waals surface area contributed by atoms with Gasteiger partial charge in [-0.15, -0.1) is 0 Å². The van der Waals surface area contributed by atoms with Crippen LogP contribution < -0.4 is 4.74 Å². The highest BCUT2D eigenvalue weighted by molar-refractivity contribution is 9.09. The van der Waals surface area contributed by atoms with Gasteiger partial charge in [-0.1, -0.05) is 22.0 Å². The number of nitro groups is 1. The predicted octanol–water partition coefficient (Wildman–Crippen LogP) is 2.85. The number of alkyl halides is 1. The highest BCUT2D eigenvalue weighted by Gasteiger charge is 2.30. The summed E-state index contributed by atoms with van der Waals surface area (Å²) in [5, 5.41) is 11.9. The first-order valence-electron chi connectivity index (χ1n) is 6.75. The summed E-state index contributed by atoms with van der Waals surface area (Å²) in [6.07, 6.45) is 1.99. The van der Waals surface area contributed by atoms with Crippen LogP contribution in [0.5, 0.6) is 5.75 Å². The van der Waals surface area contributed by atoms with Crippen LogP contribution in [0.15, 0.2) is 18.2 Å². The zero-order chi connectivity index (χ0) is 15.4. The molecule has 1 atom stereocenters. The standard InChI is InChI=1S/C14H17BrN2O4/c1-21-13-11(3-2-4-12(13)17(19)20)14(18)16-8-6-10(9-16)5-7-15/h2-4,10H,5-9H2,1H3. The molecule has 0 N–H and O–H groups in total. The van der Waals surface area contributed by atoms with E-state index in [1.807, 2.05) is 0 Å². The summed E-state index contributed by atoms with van der Waals surface area (Å²) in [6, 6.07) is 4.43. The predicted molar refractivity (Wildman–Crippen MR) is 82.1 cm³/mol. The maximum atomic E-state index is 12.6. The fourth-order valence-corrected chi connectivity index (χ4v) is 3.28. The maximum absolute atomic E-state index is 12.6. The monoisotopic (exact) mass is 356 g/mol. The molecule has 6 nitrogen and oxygen atoms in total. The van der Waals surface area contributed by atoms with Crippen molar-refractivity contribution in [2.45, 2.75) is 12.8 Å². The van der Waals surface area contributed by atoms with Crippen LogP contribution in [-0.4, -0.2) is 41.3 Å². The molecule has 1 aliphatic heterocycles. The van der Waals surface area contributed by atoms with Crippen LogP contribution in [0, 0.1) is 16.0 Å². The van der Waals surface area contributed by atoms with E-state index in [9.17, 15) is 14.9 Å². The average Bonchev–Trinajstić information content (AvgIpc) is 2.94. The lowest BCUT2D eigenvalue weighted by atomic mass is 10.1. The first-order valence-corrected chi connectivity index (χ1v) is 7.87. The highest BCUT2D eigenvalue weighted by atomic mass is 79.9. The summed E-state index contributed by atoms with van der Waals surface area (Å²) < 4.78 is 5.10. The maximum Gasteiger partial charge on any atom is 0.311 e. The number of hydrogen-bond donors (Lipinski definition) is 0. The first kappa shape index (κ1) is 15.8. The normalized spacial score (nSPS) is 17.8. The Kier molecular flexibility index (Phi) is 5.17. The number of rotatable bonds is 5. The quantitative estimate of drug-likeness (QED) is 0.462. The van der Waals surface area contributed by atoms with Crippen molar-refractivity contribution in [3.8, 4) is 5.75 Å². The van der Waals surface area contributed by atoms with Crippen molar-refractivity contribution >= 4 is 27.5 Å². The second-order valence-electron chi connectivity index (χ2n) is 5.00. The number of methoxy groups -OCH3 is 1. The van der Waals surface area contributed by atoms with E-state index in [0.29, 0.717) is 19.0 Å². The molecule has 1 heterocycles. The molecule has 2 rings (SSSR count). The Labute approximate surface area is 131 Å². The van der Waals surface area contributed by atoms with E-state index < -0.39 is 4.92 Å². The van der Waals surface area contributed by atoms with Crippen LogP contribution in [0.4, 0.5) is 5.69 Å². The van der Waals surface area contributed by atoms with E-state index in [4.69, 9.17) is 4.74 Å². The molecule has 114 valence electrons. The molecule has 1 aromatic rings. The lowest BCUT2D eigenvalue weighted by Crippen LogP contribution is -2.29. The second kappa shape index (κ2) is 6.89. The number of ether oxygens (including phenoxy) is 1. The Morgan fingerprint density at radius 2 is 2.33 bits per heavy atom. The van der Waals surface area contributed by atoms with Gasteiger partial charge in [0, 0.05) is 24.5 Å². The van der Waals surface area contributed by atoms with E-state index in [-0.39, 0.29) is 22.9 Å². The molecule has 1 aromatic carbocycles. The van der Waals surface area contributed by atoms with Gasteiger partial charge in [0.15, 0.2) is 0 Å². The number of carbonyl (C=O) groups is 1. The van der Waals surface area contributed by atoms with Crippen LogP contribution in [0.1, 0.15) is 23.2 Å². The lowest BCUT2D eigenvalue weighted by Gasteiger charge is -2.18. The van der Waals surface area contributed by atoms with Crippen molar-refractivity contribution in [1.29, 1.82) is 0 Å². The molecule has 0 radical (unpaired) electrons. The topological polar surface area (TPSA) is 72.7 Å². The molecule has 0 spiro atoms. The molecule has 0 aliphatic carbocycles. The van der Waals surface area contributed by atoms with E-state index in [0.717, 1.165) is 18.2 Å². The minimum atomic E-state index is -0.534. The Morgan fingerprint density at radius 1 is 1.57 bits per heavy atom. The van der Waals surface area contributed by atoms with Crippen LogP contribution >= 0.6 is 15.9 Å². The van der Waals surface area contributed by atoms with E-state index >= 15 is 0 Å². The van der Waals surface area contributed by atoms with Gasteiger partial charge in [0.2, 0.25) is 5.75 Å². The summed E-state index contributed by atoms with van der Waals surface area (Å²) in [5.74, 6) is 0.321. The van der Waals surface area contributed by atoms with Crippen molar-refractivity contribution < 1.29 is 14.5 Å². The van der Waals surface area contributed by atoms with E-state index in [1.54, 1.807) is 11.0 Å². The highest BCUT2D eigenvalue weighted by Crippen LogP contribution is 2.32. The van der Waals surface area contributed by atoms with Gasteiger partial charge in [-0.25, -0.2) is 0 Å². The zero-order valence-corrected chi connectivity index (χ0v) is 13.3. The van der Waals surface area contributed by atoms with Gasteiger partial charge in [0.1, 0.15) is 0 Å². The molecule has 0 aromatic heterocycles. The molecule has 0 saturated carbocycles. The summed E-state index contributed by atoms with van der Waals surface area (Å²) >= 11 is 3.41. The number of likely N-dealkylation sites (tertiary alicyclic amines) is 1.